The molecule has 0 aliphatic carbocycles. The molecule has 2 aromatic rings. The zero-order valence-electron chi connectivity index (χ0n) is 19.0. The van der Waals surface area contributed by atoms with E-state index in [2.05, 4.69) is 11.8 Å². The largest absolute Gasteiger partial charge is 0.473 e. The second-order valence-electron chi connectivity index (χ2n) is 8.08. The summed E-state index contributed by atoms with van der Waals surface area (Å²) in [5.74, 6) is -3.13. The number of aliphatic carboxylic acids is 2. The van der Waals surface area contributed by atoms with Gasteiger partial charge in [-0.05, 0) is 30.0 Å². The van der Waals surface area contributed by atoms with Gasteiger partial charge in [0.05, 0.1) is 6.10 Å². The van der Waals surface area contributed by atoms with Crippen molar-refractivity contribution < 1.29 is 29.7 Å². The second-order valence-corrected chi connectivity index (χ2v) is 8.08. The number of anilines is 1. The first kappa shape index (κ1) is 26.0. The fourth-order valence-corrected chi connectivity index (χ4v) is 4.07. The van der Waals surface area contributed by atoms with Crippen LogP contribution in [0.4, 0.5) is 5.69 Å². The lowest BCUT2D eigenvalue weighted by atomic mass is 9.91. The predicted octanol–water partition coefficient (Wildman–Crippen LogP) is 3.03. The van der Waals surface area contributed by atoms with Gasteiger partial charge >= 0.3 is 11.9 Å². The van der Waals surface area contributed by atoms with E-state index in [4.69, 9.17) is 19.8 Å². The molecular formula is C25H32N2O6. The third kappa shape index (κ3) is 7.69. The third-order valence-corrected chi connectivity index (χ3v) is 5.68. The summed E-state index contributed by atoms with van der Waals surface area (Å²) in [7, 11) is 0. The highest BCUT2D eigenvalue weighted by Gasteiger charge is 2.34. The molecule has 3 rings (SSSR count). The number of carboxylic acid groups (broad SMARTS) is 2. The summed E-state index contributed by atoms with van der Waals surface area (Å²) in [5.41, 5.74) is 1.94. The number of carbonyl (C=O) groups excluding carboxylic acids is 1. The van der Waals surface area contributed by atoms with Crippen LogP contribution >= 0.6 is 0 Å². The van der Waals surface area contributed by atoms with Gasteiger partial charge in [-0.15, -0.1) is 0 Å². The van der Waals surface area contributed by atoms with Crippen LogP contribution in [-0.4, -0.2) is 63.7 Å². The first-order chi connectivity index (χ1) is 15.7. The van der Waals surface area contributed by atoms with Crippen molar-refractivity contribution in [1.29, 1.82) is 0 Å². The van der Waals surface area contributed by atoms with E-state index in [1.807, 2.05) is 72.5 Å². The fraction of sp³-hybridized carbons (Fsp3) is 0.400. The van der Waals surface area contributed by atoms with E-state index < -0.39 is 18.0 Å². The average molecular weight is 457 g/mol. The molecule has 2 aromatic carbocycles. The first-order valence-electron chi connectivity index (χ1n) is 11.0. The van der Waals surface area contributed by atoms with Crippen LogP contribution in [0.15, 0.2) is 60.7 Å². The van der Waals surface area contributed by atoms with Gasteiger partial charge in [-0.1, -0.05) is 62.4 Å². The minimum Gasteiger partial charge on any atom is -0.473 e. The standard InChI is InChI=1S/C23H30N2O2.C2H2O4/c1-3-23(27)25(20-12-8-5-9-13-20)21-14-15-24(16-18(21)2)17-22(26)19-10-6-4-7-11-19;3-1(4)2(5)6/h4-13,18,21-22,26H,3,14-17H2,1-2H3;(H,3,4)(H,5,6)/t18-,21-,22-;/m0./s1. The molecule has 1 fully saturated rings. The number of para-hydroxylation sites is 1. The summed E-state index contributed by atoms with van der Waals surface area (Å²) in [6, 6.07) is 20.0. The summed E-state index contributed by atoms with van der Waals surface area (Å²) in [4.78, 5) is 35.2. The lowest BCUT2D eigenvalue weighted by Crippen LogP contribution is -2.52. The molecule has 0 spiro atoms. The molecule has 1 aliphatic heterocycles. The van der Waals surface area contributed by atoms with Crippen LogP contribution < -0.4 is 4.90 Å². The fourth-order valence-electron chi connectivity index (χ4n) is 4.07. The lowest BCUT2D eigenvalue weighted by molar-refractivity contribution is -0.159. The molecule has 1 amide bonds. The van der Waals surface area contributed by atoms with E-state index in [1.165, 1.54) is 0 Å². The summed E-state index contributed by atoms with van der Waals surface area (Å²) in [6.45, 7) is 6.54. The molecule has 8 nitrogen and oxygen atoms in total. The van der Waals surface area contributed by atoms with Crippen LogP contribution in [0.3, 0.4) is 0 Å². The maximum Gasteiger partial charge on any atom is 0.414 e. The van der Waals surface area contributed by atoms with Crippen molar-refractivity contribution >= 4 is 23.5 Å². The van der Waals surface area contributed by atoms with Crippen LogP contribution in [0.25, 0.3) is 0 Å². The SMILES string of the molecule is CCC(=O)N(c1ccccc1)[C@H]1CCN(C[C@H](O)c2ccccc2)C[C@@H]1C.O=C(O)C(=O)O. The van der Waals surface area contributed by atoms with Gasteiger partial charge in [0.15, 0.2) is 0 Å². The number of likely N-dealkylation sites (tertiary alicyclic amines) is 1. The Morgan fingerprint density at radius 1 is 1.00 bits per heavy atom. The van der Waals surface area contributed by atoms with Crippen molar-refractivity contribution in [2.24, 2.45) is 5.92 Å². The normalized spacial score (nSPS) is 19.0. The minimum absolute atomic E-state index is 0.177. The number of carbonyl (C=O) groups is 3. The minimum atomic E-state index is -1.82. The van der Waals surface area contributed by atoms with Crippen LogP contribution in [-0.2, 0) is 14.4 Å². The number of β-amino-alcohol motifs (C(OH)–C–C–N with tert-alkyl or cyclic N) is 1. The Morgan fingerprint density at radius 3 is 2.03 bits per heavy atom. The molecule has 3 N–H and O–H groups in total. The van der Waals surface area contributed by atoms with Gasteiger partial charge in [-0.2, -0.15) is 0 Å². The number of benzene rings is 2. The molecule has 0 unspecified atom stereocenters. The average Bonchev–Trinajstić information content (AvgIpc) is 2.82. The van der Waals surface area contributed by atoms with E-state index in [-0.39, 0.29) is 11.9 Å². The van der Waals surface area contributed by atoms with Crippen molar-refractivity contribution in [3.05, 3.63) is 66.2 Å². The Hall–Kier alpha value is -3.23. The molecule has 8 heteroatoms. The summed E-state index contributed by atoms with van der Waals surface area (Å²) in [5, 5.41) is 25.3. The quantitative estimate of drug-likeness (QED) is 0.572. The van der Waals surface area contributed by atoms with E-state index >= 15 is 0 Å². The van der Waals surface area contributed by atoms with Gasteiger partial charge in [0.2, 0.25) is 5.91 Å². The number of hydrogen-bond donors (Lipinski definition) is 3. The number of aliphatic hydroxyl groups excluding tert-OH is 1. The monoisotopic (exact) mass is 456 g/mol. The van der Waals surface area contributed by atoms with Crippen molar-refractivity contribution in [3.8, 4) is 0 Å². The Morgan fingerprint density at radius 2 is 1.55 bits per heavy atom. The topological polar surface area (TPSA) is 118 Å². The molecule has 33 heavy (non-hydrogen) atoms. The van der Waals surface area contributed by atoms with E-state index in [1.54, 1.807) is 0 Å². The van der Waals surface area contributed by atoms with Crippen LogP contribution in [0.5, 0.6) is 0 Å². The number of rotatable bonds is 6. The van der Waals surface area contributed by atoms with Gasteiger partial charge in [0.25, 0.3) is 0 Å². The van der Waals surface area contributed by atoms with Gasteiger partial charge in [0.1, 0.15) is 0 Å². The number of hydrogen-bond acceptors (Lipinski definition) is 5. The van der Waals surface area contributed by atoms with Crippen molar-refractivity contribution in [2.45, 2.75) is 38.8 Å². The molecule has 0 bridgehead atoms. The molecule has 178 valence electrons. The first-order valence-corrected chi connectivity index (χ1v) is 11.0. The molecule has 0 radical (unpaired) electrons. The van der Waals surface area contributed by atoms with Crippen LogP contribution in [0.1, 0.15) is 38.4 Å². The molecule has 1 saturated heterocycles. The van der Waals surface area contributed by atoms with Gasteiger partial charge in [0, 0.05) is 37.8 Å². The highest BCUT2D eigenvalue weighted by molar-refractivity contribution is 6.27. The van der Waals surface area contributed by atoms with Crippen molar-refractivity contribution in [2.75, 3.05) is 24.5 Å². The highest BCUT2D eigenvalue weighted by atomic mass is 16.4. The van der Waals surface area contributed by atoms with Gasteiger partial charge < -0.3 is 20.2 Å². The molecule has 0 aromatic heterocycles. The van der Waals surface area contributed by atoms with Gasteiger partial charge in [-0.3, -0.25) is 9.69 Å². The van der Waals surface area contributed by atoms with E-state index in [0.29, 0.717) is 18.9 Å². The van der Waals surface area contributed by atoms with Crippen molar-refractivity contribution in [3.63, 3.8) is 0 Å². The van der Waals surface area contributed by atoms with E-state index in [0.717, 1.165) is 30.8 Å². The number of amides is 1. The number of piperidine rings is 1. The Kier molecular flexibility index (Phi) is 10.0. The lowest BCUT2D eigenvalue weighted by Gasteiger charge is -2.43. The predicted molar refractivity (Wildman–Crippen MR) is 125 cm³/mol. The summed E-state index contributed by atoms with van der Waals surface area (Å²) >= 11 is 0. The molecule has 3 atom stereocenters. The Bertz CT molecular complexity index is 894. The highest BCUT2D eigenvalue weighted by Crippen LogP contribution is 2.29. The van der Waals surface area contributed by atoms with Crippen LogP contribution in [0, 0.1) is 5.92 Å². The summed E-state index contributed by atoms with van der Waals surface area (Å²) < 4.78 is 0. The summed E-state index contributed by atoms with van der Waals surface area (Å²) in [6.07, 6.45) is 0.954. The van der Waals surface area contributed by atoms with E-state index in [9.17, 15) is 9.90 Å². The molecule has 0 saturated carbocycles. The maximum absolute atomic E-state index is 12.7. The zero-order chi connectivity index (χ0) is 24.4. The molecule has 1 aliphatic rings. The number of carboxylic acids is 2. The number of nitrogens with zero attached hydrogens (tertiary/aromatic N) is 2. The van der Waals surface area contributed by atoms with Crippen molar-refractivity contribution in [1.82, 2.24) is 4.90 Å². The molecule has 1 heterocycles. The molecular weight excluding hydrogens is 424 g/mol. The smallest absolute Gasteiger partial charge is 0.414 e. The third-order valence-electron chi connectivity index (χ3n) is 5.68. The maximum atomic E-state index is 12.7. The zero-order valence-corrected chi connectivity index (χ0v) is 19.0. The second kappa shape index (κ2) is 12.7. The number of aliphatic hydroxyl groups is 1. The van der Waals surface area contributed by atoms with Gasteiger partial charge in [-0.25, -0.2) is 9.59 Å². The Balaban J connectivity index is 0.000000569. The van der Waals surface area contributed by atoms with Crippen LogP contribution in [0.2, 0.25) is 0 Å². The Labute approximate surface area is 194 Å².